The summed E-state index contributed by atoms with van der Waals surface area (Å²) in [5, 5.41) is 3.02. The third-order valence-corrected chi connectivity index (χ3v) is 5.73. The lowest BCUT2D eigenvalue weighted by molar-refractivity contribution is 0.103. The number of imidazole rings is 1. The van der Waals surface area contributed by atoms with Crippen molar-refractivity contribution in [3.05, 3.63) is 70.6 Å². The summed E-state index contributed by atoms with van der Waals surface area (Å²) in [7, 11) is 0. The quantitative estimate of drug-likeness (QED) is 0.501. The molecule has 4 rings (SSSR count). The van der Waals surface area contributed by atoms with Gasteiger partial charge >= 0.3 is 0 Å². The summed E-state index contributed by atoms with van der Waals surface area (Å²) >= 11 is 1.47. The largest absolute Gasteiger partial charge is 0.324 e. The number of para-hydroxylation sites is 2. The second kappa shape index (κ2) is 7.00. The zero-order valence-corrected chi connectivity index (χ0v) is 16.4. The first kappa shape index (κ1) is 17.5. The number of aromatic nitrogens is 2. The number of carbonyl (C=O) groups excluding carboxylic acids is 1. The molecule has 5 heteroatoms. The number of carbonyl (C=O) groups is 1. The Hall–Kier alpha value is -2.92. The van der Waals surface area contributed by atoms with Crippen molar-refractivity contribution in [2.45, 2.75) is 27.3 Å². The van der Waals surface area contributed by atoms with Gasteiger partial charge in [-0.05, 0) is 56.7 Å². The molecule has 1 N–H and O–H groups in total. The lowest BCUT2D eigenvalue weighted by Gasteiger charge is -2.08. The Balaban J connectivity index is 1.64. The molecule has 136 valence electrons. The molecule has 0 spiro atoms. The summed E-state index contributed by atoms with van der Waals surface area (Å²) in [6, 6.07) is 18.0. The molecule has 0 radical (unpaired) electrons. The van der Waals surface area contributed by atoms with Crippen LogP contribution in [0.25, 0.3) is 21.7 Å². The van der Waals surface area contributed by atoms with Crippen LogP contribution in [0.15, 0.2) is 54.6 Å². The maximum absolute atomic E-state index is 12.7. The van der Waals surface area contributed by atoms with Crippen LogP contribution >= 0.6 is 11.3 Å². The van der Waals surface area contributed by atoms with E-state index in [9.17, 15) is 4.79 Å². The molecule has 0 aliphatic rings. The summed E-state index contributed by atoms with van der Waals surface area (Å²) in [5.74, 6) is 0.826. The Morgan fingerprint density at radius 3 is 2.70 bits per heavy atom. The van der Waals surface area contributed by atoms with Crippen molar-refractivity contribution in [2.24, 2.45) is 0 Å². The van der Waals surface area contributed by atoms with E-state index in [4.69, 9.17) is 4.98 Å². The van der Waals surface area contributed by atoms with Gasteiger partial charge < -0.3 is 9.88 Å². The molecule has 2 aromatic heterocycles. The maximum Gasteiger partial charge on any atom is 0.265 e. The molecule has 27 heavy (non-hydrogen) atoms. The second-order valence-corrected chi connectivity index (χ2v) is 7.69. The van der Waals surface area contributed by atoms with Gasteiger partial charge in [-0.1, -0.05) is 29.8 Å². The van der Waals surface area contributed by atoms with Crippen LogP contribution in [0, 0.1) is 13.8 Å². The number of thiophene rings is 1. The van der Waals surface area contributed by atoms with Crippen LogP contribution < -0.4 is 5.32 Å². The third kappa shape index (κ3) is 3.26. The molecule has 0 atom stereocenters. The number of rotatable bonds is 4. The number of benzene rings is 2. The lowest BCUT2D eigenvalue weighted by atomic mass is 10.1. The minimum Gasteiger partial charge on any atom is -0.324 e. The van der Waals surface area contributed by atoms with E-state index in [-0.39, 0.29) is 5.91 Å². The first-order valence-electron chi connectivity index (χ1n) is 9.01. The van der Waals surface area contributed by atoms with E-state index in [1.54, 1.807) is 0 Å². The van der Waals surface area contributed by atoms with Crippen LogP contribution in [0.2, 0.25) is 0 Å². The Labute approximate surface area is 162 Å². The normalized spacial score (nSPS) is 11.1. The van der Waals surface area contributed by atoms with E-state index in [1.165, 1.54) is 16.9 Å². The van der Waals surface area contributed by atoms with Gasteiger partial charge in [0.1, 0.15) is 0 Å². The standard InChI is InChI=1S/C22H21N3OS/c1-4-25-18-8-6-5-7-17(18)23-21(25)19-11-12-20(27-19)22(26)24-16-10-9-14(2)13-15(16)3/h5-13H,4H2,1-3H3,(H,24,26). The fourth-order valence-electron chi connectivity index (χ4n) is 3.30. The molecule has 0 bridgehead atoms. The van der Waals surface area contributed by atoms with Crippen molar-refractivity contribution in [1.82, 2.24) is 9.55 Å². The van der Waals surface area contributed by atoms with Gasteiger partial charge in [0, 0.05) is 12.2 Å². The molecule has 4 nitrogen and oxygen atoms in total. The summed E-state index contributed by atoms with van der Waals surface area (Å²) in [4.78, 5) is 19.1. The van der Waals surface area contributed by atoms with E-state index in [0.29, 0.717) is 4.88 Å². The molecule has 0 aliphatic carbocycles. The summed E-state index contributed by atoms with van der Waals surface area (Å²) in [6.07, 6.45) is 0. The van der Waals surface area contributed by atoms with Gasteiger partial charge in [-0.3, -0.25) is 4.79 Å². The third-order valence-electron chi connectivity index (χ3n) is 4.65. The topological polar surface area (TPSA) is 46.9 Å². The van der Waals surface area contributed by atoms with Gasteiger partial charge in [-0.15, -0.1) is 11.3 Å². The molecule has 4 aromatic rings. The van der Waals surface area contributed by atoms with Gasteiger partial charge in [0.15, 0.2) is 5.82 Å². The zero-order valence-electron chi connectivity index (χ0n) is 15.6. The van der Waals surface area contributed by atoms with Gasteiger partial charge in [-0.2, -0.15) is 0 Å². The smallest absolute Gasteiger partial charge is 0.265 e. The van der Waals surface area contributed by atoms with Crippen LogP contribution in [-0.4, -0.2) is 15.5 Å². The second-order valence-electron chi connectivity index (χ2n) is 6.60. The fraction of sp³-hybridized carbons (Fsp3) is 0.182. The molecule has 0 unspecified atom stereocenters. The maximum atomic E-state index is 12.7. The number of fused-ring (bicyclic) bond motifs is 1. The minimum atomic E-state index is -0.0858. The first-order chi connectivity index (χ1) is 13.1. The molecule has 2 heterocycles. The fourth-order valence-corrected chi connectivity index (χ4v) is 4.20. The highest BCUT2D eigenvalue weighted by Crippen LogP contribution is 2.31. The SMILES string of the molecule is CCn1c(-c2ccc(C(=O)Nc3ccc(C)cc3C)s2)nc2ccccc21. The van der Waals surface area contributed by atoms with Crippen LogP contribution in [0.3, 0.4) is 0 Å². The van der Waals surface area contributed by atoms with Gasteiger partial charge in [0.05, 0.1) is 20.8 Å². The van der Waals surface area contributed by atoms with E-state index in [0.717, 1.165) is 39.5 Å². The van der Waals surface area contributed by atoms with Gasteiger partial charge in [-0.25, -0.2) is 4.98 Å². The van der Waals surface area contributed by atoms with E-state index >= 15 is 0 Å². The van der Waals surface area contributed by atoms with Crippen LogP contribution in [-0.2, 0) is 6.54 Å². The Morgan fingerprint density at radius 2 is 1.93 bits per heavy atom. The van der Waals surface area contributed by atoms with Crippen molar-refractivity contribution in [3.8, 4) is 10.7 Å². The highest BCUT2D eigenvalue weighted by molar-refractivity contribution is 7.17. The Kier molecular flexibility index (Phi) is 4.54. The Morgan fingerprint density at radius 1 is 1.11 bits per heavy atom. The minimum absolute atomic E-state index is 0.0858. The summed E-state index contributed by atoms with van der Waals surface area (Å²) < 4.78 is 2.19. The monoisotopic (exact) mass is 375 g/mol. The summed E-state index contributed by atoms with van der Waals surface area (Å²) in [6.45, 7) is 6.99. The van der Waals surface area contributed by atoms with E-state index in [1.807, 2.05) is 56.3 Å². The van der Waals surface area contributed by atoms with Gasteiger partial charge in [0.2, 0.25) is 0 Å². The van der Waals surface area contributed by atoms with E-state index < -0.39 is 0 Å². The molecule has 0 saturated heterocycles. The number of nitrogens with one attached hydrogen (secondary N) is 1. The summed E-state index contributed by atoms with van der Waals surface area (Å²) in [5.41, 5.74) is 5.19. The first-order valence-corrected chi connectivity index (χ1v) is 9.82. The van der Waals surface area contributed by atoms with Crippen molar-refractivity contribution in [2.75, 3.05) is 5.32 Å². The molecule has 1 amide bonds. The number of nitrogens with zero attached hydrogens (tertiary/aromatic N) is 2. The highest BCUT2D eigenvalue weighted by atomic mass is 32.1. The number of aryl methyl sites for hydroxylation is 3. The average molecular weight is 375 g/mol. The van der Waals surface area contributed by atoms with Crippen molar-refractivity contribution in [1.29, 1.82) is 0 Å². The van der Waals surface area contributed by atoms with Crippen molar-refractivity contribution < 1.29 is 4.79 Å². The van der Waals surface area contributed by atoms with Gasteiger partial charge in [0.25, 0.3) is 5.91 Å². The lowest BCUT2D eigenvalue weighted by Crippen LogP contribution is -2.11. The number of anilines is 1. The van der Waals surface area contributed by atoms with Crippen molar-refractivity contribution >= 4 is 34.0 Å². The zero-order chi connectivity index (χ0) is 19.0. The van der Waals surface area contributed by atoms with Crippen LogP contribution in [0.1, 0.15) is 27.7 Å². The molecular formula is C22H21N3OS. The predicted octanol–water partition coefficient (Wildman–Crippen LogP) is 5.65. The molecular weight excluding hydrogens is 354 g/mol. The predicted molar refractivity (Wildman–Crippen MR) is 113 cm³/mol. The van der Waals surface area contributed by atoms with E-state index in [2.05, 4.69) is 28.9 Å². The number of hydrogen-bond acceptors (Lipinski definition) is 3. The number of hydrogen-bond donors (Lipinski definition) is 1. The molecule has 0 aliphatic heterocycles. The molecule has 0 fully saturated rings. The molecule has 0 saturated carbocycles. The highest BCUT2D eigenvalue weighted by Gasteiger charge is 2.16. The Bertz CT molecular complexity index is 1140. The molecule has 2 aromatic carbocycles. The van der Waals surface area contributed by atoms with Crippen molar-refractivity contribution in [3.63, 3.8) is 0 Å². The van der Waals surface area contributed by atoms with Crippen LogP contribution in [0.4, 0.5) is 5.69 Å². The average Bonchev–Trinajstić information content (AvgIpc) is 3.28. The van der Waals surface area contributed by atoms with Crippen LogP contribution in [0.5, 0.6) is 0 Å². The number of amides is 1.